The topological polar surface area (TPSA) is 89.7 Å². The van der Waals surface area contributed by atoms with Gasteiger partial charge in [0.05, 0.1) is 16.5 Å². The molecule has 0 saturated carbocycles. The minimum absolute atomic E-state index is 0.149. The van der Waals surface area contributed by atoms with Gasteiger partial charge in [-0.25, -0.2) is 8.42 Å². The third-order valence-electron chi connectivity index (χ3n) is 4.15. The molecule has 0 aliphatic carbocycles. The number of rotatable bonds is 7. The maximum atomic E-state index is 12.8. The van der Waals surface area contributed by atoms with E-state index >= 15 is 0 Å². The second kappa shape index (κ2) is 8.18. The molecule has 6 nitrogen and oxygen atoms in total. The molecular formula is C16H23ClN2O4S. The van der Waals surface area contributed by atoms with Gasteiger partial charge in [0.25, 0.3) is 0 Å². The highest BCUT2D eigenvalue weighted by molar-refractivity contribution is 7.89. The van der Waals surface area contributed by atoms with Crippen molar-refractivity contribution in [2.45, 2.75) is 37.5 Å². The molecule has 0 unspecified atom stereocenters. The molecule has 134 valence electrons. The maximum Gasteiger partial charge on any atom is 0.243 e. The molecule has 0 atom stereocenters. The van der Waals surface area contributed by atoms with Crippen LogP contribution in [0.1, 0.15) is 32.6 Å². The van der Waals surface area contributed by atoms with Crippen LogP contribution >= 0.6 is 11.6 Å². The van der Waals surface area contributed by atoms with E-state index in [0.29, 0.717) is 30.2 Å². The molecule has 1 aromatic rings. The first-order chi connectivity index (χ1) is 11.4. The number of unbranched alkanes of at least 4 members (excludes halogenated alkanes) is 1. The highest BCUT2D eigenvalue weighted by atomic mass is 35.5. The van der Waals surface area contributed by atoms with Crippen LogP contribution in [0.25, 0.3) is 0 Å². The first kappa shape index (κ1) is 19.0. The molecule has 24 heavy (non-hydrogen) atoms. The van der Waals surface area contributed by atoms with Crippen molar-refractivity contribution in [2.24, 2.45) is 11.7 Å². The van der Waals surface area contributed by atoms with Gasteiger partial charge in [0.2, 0.25) is 15.9 Å². The van der Waals surface area contributed by atoms with Gasteiger partial charge in [0, 0.05) is 25.1 Å². The van der Waals surface area contributed by atoms with Crippen molar-refractivity contribution in [3.63, 3.8) is 0 Å². The predicted octanol–water partition coefficient (Wildman–Crippen LogP) is 2.40. The molecule has 1 saturated heterocycles. The standard InChI is InChI=1S/C16H23ClN2O4S/c1-2-3-10-23-15-11-13(4-5-14(15)17)24(21,22)19-8-6-12(7-9-19)16(18)20/h4-5,11-12H,2-3,6-10H2,1H3,(H2,18,20). The first-order valence-electron chi connectivity index (χ1n) is 8.08. The highest BCUT2D eigenvalue weighted by Crippen LogP contribution is 2.30. The van der Waals surface area contributed by atoms with Gasteiger partial charge >= 0.3 is 0 Å². The van der Waals surface area contributed by atoms with Crippen LogP contribution in [0.5, 0.6) is 5.75 Å². The van der Waals surface area contributed by atoms with Crippen LogP contribution < -0.4 is 10.5 Å². The summed E-state index contributed by atoms with van der Waals surface area (Å²) in [5.41, 5.74) is 5.29. The largest absolute Gasteiger partial charge is 0.492 e. The number of piperidine rings is 1. The van der Waals surface area contributed by atoms with E-state index in [9.17, 15) is 13.2 Å². The lowest BCUT2D eigenvalue weighted by molar-refractivity contribution is -0.122. The summed E-state index contributed by atoms with van der Waals surface area (Å²) in [7, 11) is -3.64. The first-order valence-corrected chi connectivity index (χ1v) is 9.90. The van der Waals surface area contributed by atoms with Crippen LogP contribution in [0, 0.1) is 5.92 Å². The van der Waals surface area contributed by atoms with Gasteiger partial charge in [-0.15, -0.1) is 0 Å². The Kier molecular flexibility index (Phi) is 6.48. The van der Waals surface area contributed by atoms with E-state index in [1.807, 2.05) is 6.92 Å². The Morgan fingerprint density at radius 3 is 2.62 bits per heavy atom. The smallest absolute Gasteiger partial charge is 0.243 e. The zero-order valence-corrected chi connectivity index (χ0v) is 15.3. The molecule has 8 heteroatoms. The summed E-state index contributed by atoms with van der Waals surface area (Å²) in [5.74, 6) is -0.252. The number of halogens is 1. The lowest BCUT2D eigenvalue weighted by Crippen LogP contribution is -2.41. The molecule has 2 rings (SSSR count). The van der Waals surface area contributed by atoms with Gasteiger partial charge in [-0.2, -0.15) is 4.31 Å². The number of ether oxygens (including phenoxy) is 1. The summed E-state index contributed by atoms with van der Waals surface area (Å²) in [6.45, 7) is 3.10. The van der Waals surface area contributed by atoms with Crippen molar-refractivity contribution in [1.29, 1.82) is 0 Å². The van der Waals surface area contributed by atoms with E-state index in [1.54, 1.807) is 0 Å². The number of sulfonamides is 1. The van der Waals surface area contributed by atoms with E-state index < -0.39 is 10.0 Å². The van der Waals surface area contributed by atoms with Crippen LogP contribution in [0.2, 0.25) is 5.02 Å². The fourth-order valence-corrected chi connectivity index (χ4v) is 4.27. The summed E-state index contributed by atoms with van der Waals surface area (Å²) in [6.07, 6.45) is 2.74. The SMILES string of the molecule is CCCCOc1cc(S(=O)(=O)N2CCC(C(N)=O)CC2)ccc1Cl. The molecule has 1 aliphatic rings. The number of nitrogens with zero attached hydrogens (tertiary/aromatic N) is 1. The van der Waals surface area contributed by atoms with Crippen molar-refractivity contribution in [3.05, 3.63) is 23.2 Å². The molecule has 2 N–H and O–H groups in total. The Labute approximate surface area is 148 Å². The van der Waals surface area contributed by atoms with Crippen molar-refractivity contribution < 1.29 is 17.9 Å². The Balaban J connectivity index is 2.14. The lowest BCUT2D eigenvalue weighted by Gasteiger charge is -2.29. The molecule has 0 spiro atoms. The van der Waals surface area contributed by atoms with Gasteiger partial charge in [-0.1, -0.05) is 24.9 Å². The number of carbonyl (C=O) groups is 1. The molecular weight excluding hydrogens is 352 g/mol. The maximum absolute atomic E-state index is 12.8. The quantitative estimate of drug-likeness (QED) is 0.742. The molecule has 1 aromatic carbocycles. The number of nitrogens with two attached hydrogens (primary N) is 1. The third kappa shape index (κ3) is 4.40. The van der Waals surface area contributed by atoms with Gasteiger partial charge in [-0.3, -0.25) is 4.79 Å². The molecule has 0 aromatic heterocycles. The molecule has 0 bridgehead atoms. The van der Waals surface area contributed by atoms with Crippen molar-refractivity contribution in [3.8, 4) is 5.75 Å². The van der Waals surface area contributed by atoms with Crippen LogP contribution in [0.15, 0.2) is 23.1 Å². The Morgan fingerprint density at radius 1 is 1.38 bits per heavy atom. The Morgan fingerprint density at radius 2 is 2.04 bits per heavy atom. The summed E-state index contributed by atoms with van der Waals surface area (Å²) in [4.78, 5) is 11.4. The summed E-state index contributed by atoms with van der Waals surface area (Å²) < 4.78 is 32.5. The van der Waals surface area contributed by atoms with Crippen LogP contribution in [0.3, 0.4) is 0 Å². The molecule has 1 amide bonds. The number of amides is 1. The highest BCUT2D eigenvalue weighted by Gasteiger charge is 2.31. The minimum atomic E-state index is -3.64. The number of carbonyl (C=O) groups excluding carboxylic acids is 1. The van der Waals surface area contributed by atoms with E-state index in [2.05, 4.69) is 0 Å². The van der Waals surface area contributed by atoms with Gasteiger partial charge in [0.1, 0.15) is 5.75 Å². The normalized spacial score (nSPS) is 16.9. The Bertz CT molecular complexity index is 685. The average molecular weight is 375 g/mol. The van der Waals surface area contributed by atoms with Crippen LogP contribution in [-0.2, 0) is 14.8 Å². The summed E-state index contributed by atoms with van der Waals surface area (Å²) in [6, 6.07) is 4.48. The zero-order chi connectivity index (χ0) is 17.7. The minimum Gasteiger partial charge on any atom is -0.492 e. The number of primary amides is 1. The monoisotopic (exact) mass is 374 g/mol. The van der Waals surface area contributed by atoms with Gasteiger partial charge in [0.15, 0.2) is 0 Å². The van der Waals surface area contributed by atoms with Crippen LogP contribution in [0.4, 0.5) is 0 Å². The molecule has 0 radical (unpaired) electrons. The molecule has 1 fully saturated rings. The summed E-state index contributed by atoms with van der Waals surface area (Å²) in [5, 5.41) is 0.387. The third-order valence-corrected chi connectivity index (χ3v) is 6.36. The summed E-state index contributed by atoms with van der Waals surface area (Å²) >= 11 is 6.08. The fraction of sp³-hybridized carbons (Fsp3) is 0.562. The van der Waals surface area contributed by atoms with E-state index in [0.717, 1.165) is 12.8 Å². The second-order valence-electron chi connectivity index (χ2n) is 5.87. The van der Waals surface area contributed by atoms with Crippen molar-refractivity contribution in [2.75, 3.05) is 19.7 Å². The average Bonchev–Trinajstić information content (AvgIpc) is 2.56. The van der Waals surface area contributed by atoms with Crippen molar-refractivity contribution >= 4 is 27.5 Å². The van der Waals surface area contributed by atoms with E-state index in [-0.39, 0.29) is 29.8 Å². The predicted molar refractivity (Wildman–Crippen MR) is 92.5 cm³/mol. The van der Waals surface area contributed by atoms with Crippen LogP contribution in [-0.4, -0.2) is 38.3 Å². The van der Waals surface area contributed by atoms with Gasteiger partial charge < -0.3 is 10.5 Å². The van der Waals surface area contributed by atoms with E-state index in [4.69, 9.17) is 22.1 Å². The number of benzene rings is 1. The zero-order valence-electron chi connectivity index (χ0n) is 13.7. The number of hydrogen-bond acceptors (Lipinski definition) is 4. The number of hydrogen-bond donors (Lipinski definition) is 1. The molecule has 1 aliphatic heterocycles. The van der Waals surface area contributed by atoms with Gasteiger partial charge in [-0.05, 0) is 31.4 Å². The fourth-order valence-electron chi connectivity index (χ4n) is 2.61. The lowest BCUT2D eigenvalue weighted by atomic mass is 9.98. The second-order valence-corrected chi connectivity index (χ2v) is 8.22. The van der Waals surface area contributed by atoms with E-state index in [1.165, 1.54) is 22.5 Å². The molecule has 1 heterocycles. The Hall–Kier alpha value is -1.31. The van der Waals surface area contributed by atoms with Crippen molar-refractivity contribution in [1.82, 2.24) is 4.31 Å².